The molecule has 3 aromatic carbocycles. The highest BCUT2D eigenvalue weighted by Gasteiger charge is 2.18. The van der Waals surface area contributed by atoms with E-state index in [1.807, 2.05) is 0 Å². The van der Waals surface area contributed by atoms with Crippen molar-refractivity contribution in [3.63, 3.8) is 0 Å². The van der Waals surface area contributed by atoms with Crippen LogP contribution in [0.1, 0.15) is 0 Å². The molecule has 3 aromatic rings. The molecule has 0 aliphatic rings. The van der Waals surface area contributed by atoms with Crippen LogP contribution < -0.4 is 5.73 Å². The Bertz CT molecular complexity index is 1620. The molecule has 0 unspecified atom stereocenters. The van der Waals surface area contributed by atoms with Gasteiger partial charge >= 0.3 is 10.4 Å². The van der Waals surface area contributed by atoms with E-state index in [0.29, 0.717) is 0 Å². The summed E-state index contributed by atoms with van der Waals surface area (Å²) in [6.07, 6.45) is 0. The van der Waals surface area contributed by atoms with Gasteiger partial charge in [-0.1, -0.05) is 6.07 Å². The third kappa shape index (κ3) is 6.04. The lowest BCUT2D eigenvalue weighted by atomic mass is 10.1. The zero-order chi connectivity index (χ0) is 25.3. The minimum atomic E-state index is -4.79. The highest BCUT2D eigenvalue weighted by molar-refractivity contribution is 7.91. The largest absolute Gasteiger partial charge is 0.507 e. The molecule has 0 aliphatic heterocycles. The van der Waals surface area contributed by atoms with Crippen molar-refractivity contribution in [2.45, 2.75) is 9.79 Å². The summed E-state index contributed by atoms with van der Waals surface area (Å²) in [5, 5.41) is 18.3. The van der Waals surface area contributed by atoms with Crippen molar-refractivity contribution in [3.8, 4) is 5.75 Å². The number of sulfone groups is 1. The Balaban J connectivity index is 1.99. The van der Waals surface area contributed by atoms with Crippen molar-refractivity contribution in [2.24, 2.45) is 10.2 Å². The molecule has 0 radical (unpaired) electrons. The fraction of sp³-hybridized carbons (Fsp3) is 0.111. The van der Waals surface area contributed by atoms with Crippen LogP contribution >= 0.6 is 0 Å². The smallest absolute Gasteiger partial charge is 0.397 e. The SMILES string of the molecule is Nc1ccc2c(O)cc(S(=O)(=O)O)cc2c1N=Nc1cccc(S(=O)(=O)CCOS(=O)(=O)O)c1. The summed E-state index contributed by atoms with van der Waals surface area (Å²) in [7, 11) is -13.5. The van der Waals surface area contributed by atoms with E-state index in [1.54, 1.807) is 0 Å². The highest BCUT2D eigenvalue weighted by Crippen LogP contribution is 2.39. The van der Waals surface area contributed by atoms with E-state index in [1.165, 1.54) is 30.3 Å². The molecular formula is C18H17N3O10S3. The molecule has 0 fully saturated rings. The van der Waals surface area contributed by atoms with E-state index < -0.39 is 53.4 Å². The van der Waals surface area contributed by atoms with Gasteiger partial charge in [0.25, 0.3) is 10.1 Å². The van der Waals surface area contributed by atoms with Gasteiger partial charge in [0.05, 0.1) is 33.5 Å². The number of nitrogens with zero attached hydrogens (tertiary/aromatic N) is 2. The summed E-state index contributed by atoms with van der Waals surface area (Å²) in [5.74, 6) is -1.21. The number of rotatable bonds is 8. The Labute approximate surface area is 194 Å². The molecule has 0 saturated heterocycles. The predicted octanol–water partition coefficient (Wildman–Crippen LogP) is 2.38. The number of phenols is 1. The van der Waals surface area contributed by atoms with Gasteiger partial charge in [0.2, 0.25) is 0 Å². The van der Waals surface area contributed by atoms with Gasteiger partial charge in [-0.2, -0.15) is 21.9 Å². The molecule has 0 amide bonds. The van der Waals surface area contributed by atoms with Gasteiger partial charge in [0.15, 0.2) is 9.84 Å². The molecule has 0 heterocycles. The first-order valence-corrected chi connectivity index (χ1v) is 13.5. The predicted molar refractivity (Wildman–Crippen MR) is 120 cm³/mol. The molecule has 0 atom stereocenters. The van der Waals surface area contributed by atoms with Crippen molar-refractivity contribution >= 4 is 58.2 Å². The molecule has 0 aromatic heterocycles. The number of azo groups is 1. The third-order valence-electron chi connectivity index (χ3n) is 4.41. The van der Waals surface area contributed by atoms with Gasteiger partial charge in [-0.15, -0.1) is 5.11 Å². The number of hydrogen-bond acceptors (Lipinski definition) is 11. The summed E-state index contributed by atoms with van der Waals surface area (Å²) in [6.45, 7) is -0.807. The van der Waals surface area contributed by atoms with Crippen molar-refractivity contribution in [1.29, 1.82) is 0 Å². The average Bonchev–Trinajstić information content (AvgIpc) is 2.71. The monoisotopic (exact) mass is 531 g/mol. The maximum Gasteiger partial charge on any atom is 0.397 e. The van der Waals surface area contributed by atoms with Crippen molar-refractivity contribution in [2.75, 3.05) is 18.1 Å². The van der Waals surface area contributed by atoms with Crippen LogP contribution in [-0.4, -0.2) is 51.8 Å². The standard InChI is InChI=1S/C18H17N3O10S3/c19-16-5-4-14-15(9-13(10-17(14)22)33(25,26)27)18(16)21-20-11-2-1-3-12(8-11)32(23,24)7-6-31-34(28,29)30/h1-5,8-10,22H,6-7,19H2,(H,25,26,27)(H,28,29,30). The lowest BCUT2D eigenvalue weighted by molar-refractivity contribution is 0.284. The van der Waals surface area contributed by atoms with Gasteiger partial charge in [-0.25, -0.2) is 12.6 Å². The van der Waals surface area contributed by atoms with Crippen LogP contribution in [0.15, 0.2) is 68.6 Å². The molecule has 5 N–H and O–H groups in total. The Morgan fingerprint density at radius 3 is 2.21 bits per heavy atom. The van der Waals surface area contributed by atoms with E-state index >= 15 is 0 Å². The molecular weight excluding hydrogens is 514 g/mol. The van der Waals surface area contributed by atoms with Gasteiger partial charge in [0.1, 0.15) is 11.4 Å². The second-order valence-electron chi connectivity index (χ2n) is 6.78. The summed E-state index contributed by atoms with van der Waals surface area (Å²) in [6, 6.07) is 9.81. The van der Waals surface area contributed by atoms with E-state index in [0.717, 1.165) is 18.2 Å². The number of nitrogens with two attached hydrogens (primary N) is 1. The van der Waals surface area contributed by atoms with Crippen molar-refractivity contribution < 1.29 is 43.6 Å². The van der Waals surface area contributed by atoms with Crippen molar-refractivity contribution in [1.82, 2.24) is 0 Å². The van der Waals surface area contributed by atoms with Gasteiger partial charge in [-0.05, 0) is 36.4 Å². The number of phenolic OH excluding ortho intramolecular Hbond substituents is 1. The molecule has 182 valence electrons. The van der Waals surface area contributed by atoms with Gasteiger partial charge in [-0.3, -0.25) is 9.11 Å². The minimum Gasteiger partial charge on any atom is -0.507 e. The lowest BCUT2D eigenvalue weighted by Gasteiger charge is -2.09. The Morgan fingerprint density at radius 2 is 1.56 bits per heavy atom. The van der Waals surface area contributed by atoms with Crippen LogP contribution in [0.2, 0.25) is 0 Å². The molecule has 3 rings (SSSR count). The molecule has 0 bridgehead atoms. The molecule has 0 spiro atoms. The quantitative estimate of drug-likeness (QED) is 0.187. The van der Waals surface area contributed by atoms with Crippen LogP contribution in [0.4, 0.5) is 17.1 Å². The second-order valence-corrected chi connectivity index (χ2v) is 11.4. The summed E-state index contributed by atoms with van der Waals surface area (Å²) >= 11 is 0. The first-order chi connectivity index (χ1) is 15.7. The number of aromatic hydroxyl groups is 1. The zero-order valence-electron chi connectivity index (χ0n) is 16.9. The summed E-state index contributed by atoms with van der Waals surface area (Å²) in [5.41, 5.74) is 5.97. The van der Waals surface area contributed by atoms with E-state index in [9.17, 15) is 34.9 Å². The summed E-state index contributed by atoms with van der Waals surface area (Å²) < 4.78 is 90.8. The van der Waals surface area contributed by atoms with Crippen LogP contribution in [-0.2, 0) is 34.5 Å². The third-order valence-corrected chi connectivity index (χ3v) is 7.39. The van der Waals surface area contributed by atoms with Gasteiger partial charge < -0.3 is 10.8 Å². The minimum absolute atomic E-state index is 0.0448. The zero-order valence-corrected chi connectivity index (χ0v) is 19.4. The highest BCUT2D eigenvalue weighted by atomic mass is 32.3. The van der Waals surface area contributed by atoms with Crippen LogP contribution in [0.5, 0.6) is 5.75 Å². The Morgan fingerprint density at radius 1 is 0.853 bits per heavy atom. The van der Waals surface area contributed by atoms with Gasteiger partial charge in [0, 0.05) is 16.8 Å². The Kier molecular flexibility index (Phi) is 6.92. The fourth-order valence-corrected chi connectivity index (χ4v) is 4.92. The number of hydrogen-bond donors (Lipinski definition) is 4. The molecule has 0 saturated carbocycles. The van der Waals surface area contributed by atoms with E-state index in [4.69, 9.17) is 10.3 Å². The van der Waals surface area contributed by atoms with E-state index in [-0.39, 0.29) is 32.7 Å². The van der Waals surface area contributed by atoms with Crippen LogP contribution in [0.25, 0.3) is 10.8 Å². The van der Waals surface area contributed by atoms with Crippen LogP contribution in [0.3, 0.4) is 0 Å². The molecule has 34 heavy (non-hydrogen) atoms. The molecule has 13 nitrogen and oxygen atoms in total. The number of nitrogen functional groups attached to an aromatic ring is 1. The first kappa shape index (κ1) is 25.5. The maximum absolute atomic E-state index is 12.4. The number of benzene rings is 3. The summed E-state index contributed by atoms with van der Waals surface area (Å²) in [4.78, 5) is -0.833. The maximum atomic E-state index is 12.4. The lowest BCUT2D eigenvalue weighted by Crippen LogP contribution is -2.15. The normalized spacial score (nSPS) is 13.0. The fourth-order valence-electron chi connectivity index (χ4n) is 2.87. The topological polar surface area (TPSA) is 223 Å². The molecule has 16 heteroatoms. The number of fused-ring (bicyclic) bond motifs is 1. The number of anilines is 1. The molecule has 0 aliphatic carbocycles. The van der Waals surface area contributed by atoms with Crippen LogP contribution in [0, 0.1) is 0 Å². The Hall–Kier alpha value is -3.15. The second kappa shape index (κ2) is 9.24. The first-order valence-electron chi connectivity index (χ1n) is 9.06. The van der Waals surface area contributed by atoms with E-state index in [2.05, 4.69) is 14.4 Å². The average molecular weight is 532 g/mol. The van der Waals surface area contributed by atoms with Crippen molar-refractivity contribution in [3.05, 3.63) is 48.5 Å².